The molecule has 0 unspecified atom stereocenters. The second kappa shape index (κ2) is 56.2. The van der Waals surface area contributed by atoms with Gasteiger partial charge in [0, 0.05) is 116 Å². The summed E-state index contributed by atoms with van der Waals surface area (Å²) in [6.45, 7) is 47.8. The van der Waals surface area contributed by atoms with Gasteiger partial charge < -0.3 is 4.52 Å². The normalized spacial score (nSPS) is 11.6. The van der Waals surface area contributed by atoms with Crippen molar-refractivity contribution >= 4 is 11.6 Å². The van der Waals surface area contributed by atoms with E-state index in [1.165, 1.54) is 80.6 Å². The highest BCUT2D eigenvalue weighted by atomic mass is 16.5. The Bertz CT molecular complexity index is 3590. The summed E-state index contributed by atoms with van der Waals surface area (Å²) in [4.78, 5) is 59.6. The first-order chi connectivity index (χ1) is 48.9. The van der Waals surface area contributed by atoms with Crippen molar-refractivity contribution in [3.05, 3.63) is 286 Å². The van der Waals surface area contributed by atoms with E-state index in [1.54, 1.807) is 31.2 Å². The van der Waals surface area contributed by atoms with Gasteiger partial charge in [0.2, 0.25) is 0 Å². The van der Waals surface area contributed by atoms with Gasteiger partial charge >= 0.3 is 0 Å². The highest BCUT2D eigenvalue weighted by Gasteiger charge is 2.28. The standard InChI is InChI=1S/C13H17NO.C12H15NO.C11H15N.C9H12.4C8H11N.C7H10N2.C6H9NO.7CH4/c1-13(2,3)11-6-7-14-12-8-9(15)4-5-10(11)12;1-12(2,3)10-4-5-13-11-7-8(14)6-9(10)11;1-8(2)9-6-7-12-11-5-3-4-10(9)11;1-8(2)9-6-4-3-5-7-9;2*1-7(2)8-3-5-9-6-4-8;1-7(2)8-4-3-5-9-6-8;1-7(2)8-5-3-4-6-9-8;1-6(2)7-3-4-8-5-9-7;1-5(2)6-3-7-8-4-6;;;;;;;/h6-7H,4-5,8H2,1-3H3;4-5H,6-7H2,1-3H3;6-8H,3-5H2,1-2H3;3-8H,1-2H3;4*3-7H,1-2H3;3-6H,1-2H3;3-5H,1-2H3;7*1H4. The van der Waals surface area contributed by atoms with Crippen LogP contribution in [0.25, 0.3) is 0 Å². The zero-order valence-corrected chi connectivity index (χ0v) is 66.4. The van der Waals surface area contributed by atoms with E-state index in [-0.39, 0.29) is 62.8 Å². The Kier molecular flexibility index (Phi) is 54.8. The molecule has 13 nitrogen and oxygen atoms in total. The van der Waals surface area contributed by atoms with E-state index in [9.17, 15) is 9.59 Å². The number of Topliss-reactive ketones (excluding diaryl/α,β-unsaturated/α-hetero) is 2. The van der Waals surface area contributed by atoms with Gasteiger partial charge in [-0.1, -0.05) is 252 Å². The van der Waals surface area contributed by atoms with Crippen LogP contribution in [0.2, 0.25) is 0 Å². The lowest BCUT2D eigenvalue weighted by Gasteiger charge is -2.26. The molecule has 10 aromatic rings. The zero-order chi connectivity index (χ0) is 76.1. The summed E-state index contributed by atoms with van der Waals surface area (Å²) in [6.07, 6.45) is 32.1. The Morgan fingerprint density at radius 3 is 1.15 bits per heavy atom. The fourth-order valence-corrected chi connectivity index (χ4v) is 11.2. The van der Waals surface area contributed by atoms with Gasteiger partial charge in [-0.15, -0.1) is 0 Å². The van der Waals surface area contributed by atoms with E-state index in [4.69, 9.17) is 0 Å². The molecule has 13 rings (SSSR count). The summed E-state index contributed by atoms with van der Waals surface area (Å²) >= 11 is 0. The Labute approximate surface area is 671 Å². The van der Waals surface area contributed by atoms with Gasteiger partial charge in [0.25, 0.3) is 0 Å². The Hall–Kier alpha value is -9.10. The van der Waals surface area contributed by atoms with Crippen LogP contribution >= 0.6 is 0 Å². The molecule has 0 saturated heterocycles. The van der Waals surface area contributed by atoms with Gasteiger partial charge in [-0.2, -0.15) is 0 Å². The lowest BCUT2D eigenvalue weighted by atomic mass is 9.80. The first-order valence-electron chi connectivity index (χ1n) is 37.1. The molecule has 0 spiro atoms. The van der Waals surface area contributed by atoms with Crippen molar-refractivity contribution in [3.63, 3.8) is 0 Å². The highest BCUT2D eigenvalue weighted by molar-refractivity contribution is 5.88. The fourth-order valence-electron chi connectivity index (χ4n) is 11.2. The third kappa shape index (κ3) is 39.5. The van der Waals surface area contributed by atoms with E-state index in [0.29, 0.717) is 84.6 Å². The maximum Gasteiger partial charge on any atom is 0.143 e. The molecule has 0 saturated carbocycles. The fraction of sp³-hybridized carbons (Fsp3) is 0.485. The third-order valence-corrected chi connectivity index (χ3v) is 17.5. The van der Waals surface area contributed by atoms with Crippen LogP contribution in [-0.2, 0) is 58.9 Å². The lowest BCUT2D eigenvalue weighted by Crippen LogP contribution is -2.22. The predicted octanol–water partition coefficient (Wildman–Crippen LogP) is 26.7. The smallest absolute Gasteiger partial charge is 0.143 e. The first kappa shape index (κ1) is 107. The summed E-state index contributed by atoms with van der Waals surface area (Å²) in [5.41, 5.74) is 20.6. The Balaban J connectivity index is -0.000000567. The third-order valence-electron chi connectivity index (χ3n) is 17.5. The van der Waals surface area contributed by atoms with Crippen LogP contribution in [0.15, 0.2) is 201 Å². The molecule has 9 aromatic heterocycles. The molecule has 3 aliphatic rings. The maximum atomic E-state index is 11.3. The van der Waals surface area contributed by atoms with Crippen LogP contribution in [-0.4, -0.2) is 61.6 Å². The maximum absolute atomic E-state index is 11.3. The summed E-state index contributed by atoms with van der Waals surface area (Å²) in [7, 11) is 0. The predicted molar refractivity (Wildman–Crippen MR) is 473 cm³/mol. The van der Waals surface area contributed by atoms with E-state index in [2.05, 4.69) is 249 Å². The van der Waals surface area contributed by atoms with Crippen molar-refractivity contribution in [1.29, 1.82) is 0 Å². The number of nitrogens with zero attached hydrogens (tertiary/aromatic N) is 10. The van der Waals surface area contributed by atoms with Gasteiger partial charge in [-0.25, -0.2) is 9.97 Å². The van der Waals surface area contributed by atoms with E-state index < -0.39 is 0 Å². The summed E-state index contributed by atoms with van der Waals surface area (Å²) in [6, 6.07) is 37.0. The van der Waals surface area contributed by atoms with E-state index in [0.717, 1.165) is 34.8 Å². The van der Waals surface area contributed by atoms with Gasteiger partial charge in [0.15, 0.2) is 0 Å². The number of aryl methyl sites for hydroxylation is 1. The Morgan fingerprint density at radius 1 is 0.318 bits per heavy atom. The molecule has 1 aromatic carbocycles. The minimum atomic E-state index is 0. The lowest BCUT2D eigenvalue weighted by molar-refractivity contribution is -0.119. The van der Waals surface area contributed by atoms with Gasteiger partial charge in [-0.3, -0.25) is 44.5 Å². The molecule has 0 fully saturated rings. The van der Waals surface area contributed by atoms with Crippen molar-refractivity contribution < 1.29 is 14.1 Å². The number of rotatable bonds is 8. The minimum absolute atomic E-state index is 0. The molecule has 9 heterocycles. The molecular formula is C97H150N10O3. The Morgan fingerprint density at radius 2 is 0.773 bits per heavy atom. The summed E-state index contributed by atoms with van der Waals surface area (Å²) < 4.78 is 4.63. The first-order valence-corrected chi connectivity index (χ1v) is 37.1. The molecule has 110 heavy (non-hydrogen) atoms. The van der Waals surface area contributed by atoms with E-state index in [1.807, 2.05) is 123 Å². The molecule has 0 aliphatic heterocycles. The van der Waals surface area contributed by atoms with E-state index >= 15 is 0 Å². The van der Waals surface area contributed by atoms with Crippen LogP contribution in [0.1, 0.15) is 354 Å². The molecule has 0 atom stereocenters. The van der Waals surface area contributed by atoms with Crippen LogP contribution in [0.5, 0.6) is 0 Å². The second-order valence-electron chi connectivity index (χ2n) is 30.7. The van der Waals surface area contributed by atoms with Crippen molar-refractivity contribution in [3.8, 4) is 0 Å². The van der Waals surface area contributed by atoms with Crippen molar-refractivity contribution in [2.75, 3.05) is 0 Å². The SMILES string of the molecule is C.C.C.C.C.C.C.CC(C)(C)c1ccnc2c1CC(=O)C2.CC(C)(C)c1ccnc2c1CCC(=O)C2.CC(C)c1ccccc1.CC(C)c1ccccn1.CC(C)c1cccnc1.CC(C)c1ccnc2c1CCC2.CC(C)c1ccncc1.CC(C)c1ccncc1.CC(C)c1ccncn1.CC(C)c1cnoc1. The molecule has 0 bridgehead atoms. The number of pyridine rings is 7. The molecule has 3 aliphatic carbocycles. The van der Waals surface area contributed by atoms with Crippen molar-refractivity contribution in [2.45, 2.75) is 314 Å². The molecule has 606 valence electrons. The topological polar surface area (TPSA) is 176 Å². The summed E-state index contributed by atoms with van der Waals surface area (Å²) in [5, 5.41) is 3.57. The molecule has 0 N–H and O–H groups in total. The molecular weight excluding hydrogens is 1350 g/mol. The number of carbonyl (C=O) groups excluding carboxylic acids is 2. The van der Waals surface area contributed by atoms with Crippen LogP contribution in [0.3, 0.4) is 0 Å². The monoisotopic (exact) mass is 1500 g/mol. The number of benzene rings is 1. The average Bonchev–Trinajstić information content (AvgIpc) is 1.36. The van der Waals surface area contributed by atoms with Crippen LogP contribution in [0, 0.1) is 0 Å². The zero-order valence-electron chi connectivity index (χ0n) is 66.4. The van der Waals surface area contributed by atoms with Crippen LogP contribution < -0.4 is 0 Å². The van der Waals surface area contributed by atoms with Gasteiger partial charge in [-0.05, 0) is 206 Å². The van der Waals surface area contributed by atoms with Crippen LogP contribution in [0.4, 0.5) is 0 Å². The number of fused-ring (bicyclic) bond motifs is 3. The number of ketones is 2. The van der Waals surface area contributed by atoms with Crippen molar-refractivity contribution in [1.82, 2.24) is 50.0 Å². The number of hydrogen-bond acceptors (Lipinski definition) is 13. The average molecular weight is 1500 g/mol. The molecule has 0 amide bonds. The number of hydrogen-bond donors (Lipinski definition) is 0. The number of aromatic nitrogens is 10. The number of carbonyl (C=O) groups is 2. The molecule has 13 heteroatoms. The highest BCUT2D eigenvalue weighted by Crippen LogP contribution is 2.33. The second-order valence-corrected chi connectivity index (χ2v) is 30.7. The van der Waals surface area contributed by atoms with Gasteiger partial charge in [0.05, 0.1) is 17.6 Å². The quantitative estimate of drug-likeness (QED) is 0.141. The summed E-state index contributed by atoms with van der Waals surface area (Å²) in [5.74, 6) is 5.34. The molecule has 0 radical (unpaired) electrons. The largest absolute Gasteiger partial charge is 0.364 e. The van der Waals surface area contributed by atoms with Gasteiger partial charge in [0.1, 0.15) is 24.2 Å². The van der Waals surface area contributed by atoms with Crippen molar-refractivity contribution in [2.24, 2.45) is 0 Å². The minimum Gasteiger partial charge on any atom is -0.364 e.